The zero-order valence-electron chi connectivity index (χ0n) is 9.72. The van der Waals surface area contributed by atoms with Crippen molar-refractivity contribution < 1.29 is 15.1 Å². The monoisotopic (exact) mass is 306 g/mol. The number of nitrogens with zero attached hydrogens (tertiary/aromatic N) is 1. The van der Waals surface area contributed by atoms with Gasteiger partial charge in [0.25, 0.3) is 5.69 Å². The largest absolute Gasteiger partial charge is 0.390 e. The summed E-state index contributed by atoms with van der Waals surface area (Å²) in [6.45, 7) is 0. The van der Waals surface area contributed by atoms with E-state index in [0.717, 1.165) is 0 Å². The molecule has 1 aliphatic carbocycles. The van der Waals surface area contributed by atoms with Gasteiger partial charge in [-0.25, -0.2) is 0 Å². The fraction of sp³-hybridized carbons (Fsp3) is 0.455. The van der Waals surface area contributed by atoms with Crippen LogP contribution < -0.4 is 5.32 Å². The summed E-state index contributed by atoms with van der Waals surface area (Å²) in [4.78, 5) is 10.4. The molecule has 1 aromatic rings. The molecule has 2 rings (SSSR count). The number of halogens is 2. The van der Waals surface area contributed by atoms with Crippen molar-refractivity contribution in [1.82, 2.24) is 0 Å². The van der Waals surface area contributed by atoms with Crippen LogP contribution in [0.1, 0.15) is 12.8 Å². The number of anilines is 1. The Bertz CT molecular complexity index is 502. The lowest BCUT2D eigenvalue weighted by molar-refractivity contribution is -0.384. The summed E-state index contributed by atoms with van der Waals surface area (Å²) < 4.78 is 0. The fourth-order valence-corrected chi connectivity index (χ4v) is 2.46. The van der Waals surface area contributed by atoms with Crippen LogP contribution in [-0.2, 0) is 0 Å². The van der Waals surface area contributed by atoms with Crippen molar-refractivity contribution in [2.75, 3.05) is 5.32 Å². The summed E-state index contributed by atoms with van der Waals surface area (Å²) in [6, 6.07) is 2.30. The number of aliphatic hydroxyl groups excluding tert-OH is 2. The Balaban J connectivity index is 2.24. The first-order valence-corrected chi connectivity index (χ1v) is 6.40. The Morgan fingerprint density at radius 1 is 1.21 bits per heavy atom. The average molecular weight is 307 g/mol. The van der Waals surface area contributed by atoms with Gasteiger partial charge < -0.3 is 15.5 Å². The van der Waals surface area contributed by atoms with Crippen molar-refractivity contribution in [3.8, 4) is 0 Å². The molecule has 6 nitrogen and oxygen atoms in total. The molecular formula is C11H12Cl2N2O4. The van der Waals surface area contributed by atoms with Crippen molar-refractivity contribution in [3.05, 3.63) is 32.3 Å². The second kappa shape index (κ2) is 5.50. The van der Waals surface area contributed by atoms with Gasteiger partial charge in [-0.15, -0.1) is 0 Å². The van der Waals surface area contributed by atoms with E-state index in [0.29, 0.717) is 12.8 Å². The van der Waals surface area contributed by atoms with E-state index in [4.69, 9.17) is 23.2 Å². The maximum absolute atomic E-state index is 11.0. The van der Waals surface area contributed by atoms with Crippen LogP contribution in [0.2, 0.25) is 10.0 Å². The Morgan fingerprint density at radius 2 is 1.74 bits per heavy atom. The Hall–Kier alpha value is -1.08. The fourth-order valence-electron chi connectivity index (χ4n) is 2.13. The molecule has 3 N–H and O–H groups in total. The number of hydrogen-bond donors (Lipinski definition) is 3. The lowest BCUT2D eigenvalue weighted by Crippen LogP contribution is -2.17. The Labute approximate surface area is 119 Å². The summed E-state index contributed by atoms with van der Waals surface area (Å²) >= 11 is 11.6. The van der Waals surface area contributed by atoms with Gasteiger partial charge in [-0.2, -0.15) is 0 Å². The van der Waals surface area contributed by atoms with Crippen LogP contribution in [0, 0.1) is 10.1 Å². The zero-order valence-corrected chi connectivity index (χ0v) is 11.2. The van der Waals surface area contributed by atoms with Crippen molar-refractivity contribution >= 4 is 34.6 Å². The quantitative estimate of drug-likeness (QED) is 0.587. The van der Waals surface area contributed by atoms with Gasteiger partial charge in [0.15, 0.2) is 0 Å². The van der Waals surface area contributed by atoms with Crippen molar-refractivity contribution in [1.29, 1.82) is 0 Å². The maximum Gasteiger partial charge on any atom is 0.293 e. The first kappa shape index (κ1) is 14.3. The van der Waals surface area contributed by atoms with E-state index < -0.39 is 17.1 Å². The van der Waals surface area contributed by atoms with Gasteiger partial charge >= 0.3 is 0 Å². The molecule has 2 atom stereocenters. The summed E-state index contributed by atoms with van der Waals surface area (Å²) in [5.74, 6) is 0. The predicted molar refractivity (Wildman–Crippen MR) is 71.8 cm³/mol. The number of nitro groups is 1. The average Bonchev–Trinajstić information content (AvgIpc) is 2.62. The van der Waals surface area contributed by atoms with Crippen LogP contribution in [0.3, 0.4) is 0 Å². The topological polar surface area (TPSA) is 95.6 Å². The highest BCUT2D eigenvalue weighted by molar-refractivity contribution is 6.42. The van der Waals surface area contributed by atoms with Crippen molar-refractivity contribution in [2.24, 2.45) is 0 Å². The zero-order chi connectivity index (χ0) is 14.2. The van der Waals surface area contributed by atoms with E-state index in [9.17, 15) is 20.3 Å². The summed E-state index contributed by atoms with van der Waals surface area (Å²) in [7, 11) is 0. The number of rotatable bonds is 3. The second-order valence-corrected chi connectivity index (χ2v) is 5.30. The van der Waals surface area contributed by atoms with Crippen LogP contribution in [0.15, 0.2) is 12.1 Å². The highest BCUT2D eigenvalue weighted by Crippen LogP contribution is 2.35. The molecule has 0 radical (unpaired) electrons. The number of nitro benzene ring substituents is 1. The van der Waals surface area contributed by atoms with Crippen molar-refractivity contribution in [2.45, 2.75) is 31.1 Å². The molecular weight excluding hydrogens is 295 g/mol. The molecule has 0 saturated heterocycles. The van der Waals surface area contributed by atoms with E-state index in [2.05, 4.69) is 5.32 Å². The van der Waals surface area contributed by atoms with Gasteiger partial charge in [-0.3, -0.25) is 10.1 Å². The van der Waals surface area contributed by atoms with E-state index >= 15 is 0 Å². The highest BCUT2D eigenvalue weighted by Gasteiger charge is 2.32. The highest BCUT2D eigenvalue weighted by atomic mass is 35.5. The van der Waals surface area contributed by atoms with E-state index in [-0.39, 0.29) is 27.5 Å². The van der Waals surface area contributed by atoms with Crippen LogP contribution in [-0.4, -0.2) is 33.4 Å². The minimum atomic E-state index is -0.820. The molecule has 1 fully saturated rings. The number of nitrogens with one attached hydrogen (secondary N) is 1. The molecule has 8 heteroatoms. The first-order valence-electron chi connectivity index (χ1n) is 5.64. The lowest BCUT2D eigenvalue weighted by atomic mass is 10.2. The Kier molecular flexibility index (Phi) is 4.15. The third kappa shape index (κ3) is 3.09. The number of hydrogen-bond acceptors (Lipinski definition) is 5. The van der Waals surface area contributed by atoms with Crippen molar-refractivity contribution in [3.63, 3.8) is 0 Å². The molecule has 1 saturated carbocycles. The normalized spacial score (nSPS) is 23.6. The molecule has 104 valence electrons. The third-order valence-electron chi connectivity index (χ3n) is 3.09. The molecule has 0 amide bonds. The molecule has 0 aliphatic heterocycles. The minimum absolute atomic E-state index is 0.102. The lowest BCUT2D eigenvalue weighted by Gasteiger charge is -2.14. The summed E-state index contributed by atoms with van der Waals surface area (Å²) in [5.41, 5.74) is 0.0379. The van der Waals surface area contributed by atoms with Gasteiger partial charge in [0.1, 0.15) is 5.69 Å². The molecule has 0 heterocycles. The molecule has 19 heavy (non-hydrogen) atoms. The summed E-state index contributed by atoms with van der Waals surface area (Å²) in [5, 5.41) is 33.1. The molecule has 1 aliphatic rings. The van der Waals surface area contributed by atoms with Gasteiger partial charge in [0.05, 0.1) is 27.2 Å². The van der Waals surface area contributed by atoms with Crippen LogP contribution >= 0.6 is 23.2 Å². The summed E-state index contributed by atoms with van der Waals surface area (Å²) in [6.07, 6.45) is -1.00. The third-order valence-corrected chi connectivity index (χ3v) is 3.81. The standard InChI is InChI=1S/C11H12Cl2N2O4/c12-6-3-8(9(15(18)19)4-7(6)13)14-5-1-10(16)11(17)2-5/h3-5,10-11,14,16-17H,1-2H2/t10-,11-/m0/s1. The molecule has 0 aromatic heterocycles. The molecule has 0 unspecified atom stereocenters. The van der Waals surface area contributed by atoms with Gasteiger partial charge in [0, 0.05) is 12.1 Å². The number of aliphatic hydroxyl groups is 2. The smallest absolute Gasteiger partial charge is 0.293 e. The van der Waals surface area contributed by atoms with Crippen LogP contribution in [0.25, 0.3) is 0 Å². The second-order valence-electron chi connectivity index (χ2n) is 4.49. The SMILES string of the molecule is O=[N+]([O-])c1cc(Cl)c(Cl)cc1NC1C[C@H](O)[C@@H](O)C1. The molecule has 0 bridgehead atoms. The predicted octanol–water partition coefficient (Wildman–Crippen LogP) is 2.20. The van der Waals surface area contributed by atoms with Gasteiger partial charge in [0.2, 0.25) is 0 Å². The number of benzene rings is 1. The Morgan fingerprint density at radius 3 is 2.26 bits per heavy atom. The van der Waals surface area contributed by atoms with E-state index in [1.807, 2.05) is 0 Å². The van der Waals surface area contributed by atoms with Crippen LogP contribution in [0.5, 0.6) is 0 Å². The minimum Gasteiger partial charge on any atom is -0.390 e. The first-order chi connectivity index (χ1) is 8.88. The maximum atomic E-state index is 11.0. The molecule has 0 spiro atoms. The van der Waals surface area contributed by atoms with Gasteiger partial charge in [-0.1, -0.05) is 23.2 Å². The van der Waals surface area contributed by atoms with Gasteiger partial charge in [-0.05, 0) is 18.9 Å². The molecule has 1 aromatic carbocycles. The van der Waals surface area contributed by atoms with Crippen LogP contribution in [0.4, 0.5) is 11.4 Å². The van der Waals surface area contributed by atoms with E-state index in [1.54, 1.807) is 0 Å². The van der Waals surface area contributed by atoms with E-state index in [1.165, 1.54) is 12.1 Å².